The Morgan fingerprint density at radius 3 is 2.72 bits per heavy atom. The fourth-order valence-electron chi connectivity index (χ4n) is 2.38. The Kier molecular flexibility index (Phi) is 3.79. The summed E-state index contributed by atoms with van der Waals surface area (Å²) in [6.45, 7) is 0.484. The molecule has 3 heterocycles. The number of benzene rings is 1. The van der Waals surface area contributed by atoms with E-state index in [1.165, 1.54) is 6.33 Å². The van der Waals surface area contributed by atoms with Crippen LogP contribution in [-0.4, -0.2) is 29.9 Å². The number of anilines is 4. The lowest BCUT2D eigenvalue weighted by Crippen LogP contribution is -2.07. The Labute approximate surface area is 142 Å². The Morgan fingerprint density at radius 2 is 1.88 bits per heavy atom. The molecule has 9 nitrogen and oxygen atoms in total. The number of hydrogen-bond acceptors (Lipinski definition) is 8. The average Bonchev–Trinajstić information content (AvgIpc) is 3.03. The highest BCUT2D eigenvalue weighted by molar-refractivity contribution is 5.74. The number of imidazole rings is 1. The van der Waals surface area contributed by atoms with Gasteiger partial charge in [-0.15, -0.1) is 0 Å². The Balaban J connectivity index is 1.50. The van der Waals surface area contributed by atoms with Crippen LogP contribution in [0.3, 0.4) is 0 Å². The van der Waals surface area contributed by atoms with Crippen LogP contribution in [0.4, 0.5) is 23.4 Å². The first-order valence-corrected chi connectivity index (χ1v) is 7.61. The predicted octanol–water partition coefficient (Wildman–Crippen LogP) is 2.08. The van der Waals surface area contributed by atoms with Crippen molar-refractivity contribution in [1.29, 1.82) is 0 Å². The molecule has 0 fully saturated rings. The zero-order valence-corrected chi connectivity index (χ0v) is 13.1. The van der Waals surface area contributed by atoms with Gasteiger partial charge in [0.2, 0.25) is 5.95 Å². The molecule has 1 aromatic carbocycles. The van der Waals surface area contributed by atoms with Gasteiger partial charge in [0.25, 0.3) is 0 Å². The fraction of sp³-hybridized carbons (Fsp3) is 0.0625. The SMILES string of the molecule is Nc1nc(NCc2nc3ccccc3[nH]2)cc(Nc2ccncn2)n1. The van der Waals surface area contributed by atoms with E-state index in [1.54, 1.807) is 18.3 Å². The van der Waals surface area contributed by atoms with Gasteiger partial charge in [0.05, 0.1) is 17.6 Å². The molecule has 0 bridgehead atoms. The van der Waals surface area contributed by atoms with E-state index >= 15 is 0 Å². The summed E-state index contributed by atoms with van der Waals surface area (Å²) in [4.78, 5) is 24.1. The van der Waals surface area contributed by atoms with Crippen molar-refractivity contribution in [1.82, 2.24) is 29.9 Å². The molecule has 0 amide bonds. The van der Waals surface area contributed by atoms with Crippen molar-refractivity contribution in [3.63, 3.8) is 0 Å². The third-order valence-corrected chi connectivity index (χ3v) is 3.46. The number of rotatable bonds is 5. The molecule has 25 heavy (non-hydrogen) atoms. The van der Waals surface area contributed by atoms with Crippen molar-refractivity contribution in [2.45, 2.75) is 6.54 Å². The monoisotopic (exact) mass is 333 g/mol. The molecule has 4 aromatic rings. The van der Waals surface area contributed by atoms with E-state index in [0.29, 0.717) is 24.0 Å². The van der Waals surface area contributed by atoms with Crippen LogP contribution >= 0.6 is 0 Å². The van der Waals surface area contributed by atoms with Gasteiger partial charge in [0.15, 0.2) is 0 Å². The summed E-state index contributed by atoms with van der Waals surface area (Å²) < 4.78 is 0. The van der Waals surface area contributed by atoms with Gasteiger partial charge in [-0.2, -0.15) is 9.97 Å². The Bertz CT molecular complexity index is 964. The number of aromatic nitrogens is 6. The highest BCUT2D eigenvalue weighted by Gasteiger charge is 2.06. The molecule has 0 aliphatic rings. The van der Waals surface area contributed by atoms with Gasteiger partial charge in [0, 0.05) is 12.3 Å². The summed E-state index contributed by atoms with van der Waals surface area (Å²) in [7, 11) is 0. The molecule has 4 rings (SSSR count). The first kappa shape index (κ1) is 14.8. The van der Waals surface area contributed by atoms with E-state index in [2.05, 4.69) is 40.5 Å². The standard InChI is InChI=1S/C16H15N9/c17-16-24-13(7-14(25-16)23-12-5-6-18-9-20-12)19-8-15-21-10-3-1-2-4-11(10)22-15/h1-7,9H,8H2,(H,21,22)(H4,17,18,19,20,23,24,25). The lowest BCUT2D eigenvalue weighted by Gasteiger charge is -2.08. The largest absolute Gasteiger partial charge is 0.368 e. The lowest BCUT2D eigenvalue weighted by atomic mass is 10.3. The van der Waals surface area contributed by atoms with Gasteiger partial charge in [-0.1, -0.05) is 12.1 Å². The second kappa shape index (κ2) is 6.40. The van der Waals surface area contributed by atoms with Crippen molar-refractivity contribution >= 4 is 34.4 Å². The number of hydrogen-bond donors (Lipinski definition) is 4. The maximum absolute atomic E-state index is 5.78. The minimum atomic E-state index is 0.158. The first-order chi connectivity index (χ1) is 12.3. The number of nitrogens with zero attached hydrogens (tertiary/aromatic N) is 5. The zero-order valence-electron chi connectivity index (χ0n) is 13.1. The van der Waals surface area contributed by atoms with Gasteiger partial charge in [0.1, 0.15) is 29.6 Å². The first-order valence-electron chi connectivity index (χ1n) is 7.61. The molecule has 0 saturated carbocycles. The number of nitrogen functional groups attached to an aromatic ring is 1. The second-order valence-electron chi connectivity index (χ2n) is 5.27. The summed E-state index contributed by atoms with van der Waals surface area (Å²) in [5.41, 5.74) is 7.70. The average molecular weight is 333 g/mol. The highest BCUT2D eigenvalue weighted by Crippen LogP contribution is 2.17. The minimum Gasteiger partial charge on any atom is -0.368 e. The molecule has 3 aromatic heterocycles. The molecule has 0 saturated heterocycles. The van der Waals surface area contributed by atoms with Gasteiger partial charge >= 0.3 is 0 Å². The molecule has 0 radical (unpaired) electrons. The van der Waals surface area contributed by atoms with E-state index in [0.717, 1.165) is 16.9 Å². The highest BCUT2D eigenvalue weighted by atomic mass is 15.2. The van der Waals surface area contributed by atoms with Crippen LogP contribution in [-0.2, 0) is 6.54 Å². The molecule has 0 atom stereocenters. The summed E-state index contributed by atoms with van der Waals surface area (Å²) >= 11 is 0. The van der Waals surface area contributed by atoms with Crippen LogP contribution in [0.25, 0.3) is 11.0 Å². The van der Waals surface area contributed by atoms with E-state index in [4.69, 9.17) is 5.73 Å². The summed E-state index contributed by atoms with van der Waals surface area (Å²) in [5, 5.41) is 6.25. The molecular weight excluding hydrogens is 318 g/mol. The van der Waals surface area contributed by atoms with Crippen molar-refractivity contribution in [3.05, 3.63) is 54.7 Å². The van der Waals surface area contributed by atoms with E-state index < -0.39 is 0 Å². The van der Waals surface area contributed by atoms with Gasteiger partial charge in [-0.25, -0.2) is 15.0 Å². The van der Waals surface area contributed by atoms with Gasteiger partial charge in [-0.05, 0) is 18.2 Å². The molecule has 0 aliphatic carbocycles. The van der Waals surface area contributed by atoms with Crippen LogP contribution in [0.1, 0.15) is 5.82 Å². The molecule has 124 valence electrons. The number of aromatic amines is 1. The van der Waals surface area contributed by atoms with Crippen molar-refractivity contribution in [2.75, 3.05) is 16.4 Å². The van der Waals surface area contributed by atoms with Crippen LogP contribution in [0.15, 0.2) is 48.9 Å². The van der Waals surface area contributed by atoms with Gasteiger partial charge in [-0.3, -0.25) is 0 Å². The molecule has 9 heteroatoms. The maximum atomic E-state index is 5.78. The van der Waals surface area contributed by atoms with Crippen LogP contribution in [0.5, 0.6) is 0 Å². The van der Waals surface area contributed by atoms with E-state index in [-0.39, 0.29) is 5.95 Å². The minimum absolute atomic E-state index is 0.158. The molecule has 5 N–H and O–H groups in total. The van der Waals surface area contributed by atoms with Crippen LogP contribution in [0, 0.1) is 0 Å². The second-order valence-corrected chi connectivity index (χ2v) is 5.27. The zero-order chi connectivity index (χ0) is 17.1. The topological polar surface area (TPSA) is 130 Å². The van der Waals surface area contributed by atoms with Crippen molar-refractivity contribution < 1.29 is 0 Å². The third-order valence-electron chi connectivity index (χ3n) is 3.46. The molecular formula is C16H15N9. The number of fused-ring (bicyclic) bond motifs is 1. The number of nitrogens with two attached hydrogens (primary N) is 1. The maximum Gasteiger partial charge on any atom is 0.223 e. The Morgan fingerprint density at radius 1 is 1.00 bits per heavy atom. The summed E-state index contributed by atoms with van der Waals surface area (Å²) in [5.74, 6) is 2.72. The Hall–Kier alpha value is -3.75. The van der Waals surface area contributed by atoms with Crippen LogP contribution in [0.2, 0.25) is 0 Å². The molecule has 0 unspecified atom stereocenters. The normalized spacial score (nSPS) is 10.7. The molecule has 0 spiro atoms. The lowest BCUT2D eigenvalue weighted by molar-refractivity contribution is 0.994. The number of nitrogens with one attached hydrogen (secondary N) is 3. The van der Waals surface area contributed by atoms with E-state index in [9.17, 15) is 0 Å². The smallest absolute Gasteiger partial charge is 0.223 e. The predicted molar refractivity (Wildman–Crippen MR) is 95.2 cm³/mol. The van der Waals surface area contributed by atoms with Crippen LogP contribution < -0.4 is 16.4 Å². The van der Waals surface area contributed by atoms with Gasteiger partial charge < -0.3 is 21.4 Å². The number of H-pyrrole nitrogens is 1. The fourth-order valence-corrected chi connectivity index (χ4v) is 2.38. The summed E-state index contributed by atoms with van der Waals surface area (Å²) in [6.07, 6.45) is 3.09. The van der Waals surface area contributed by atoms with E-state index in [1.807, 2.05) is 24.3 Å². The van der Waals surface area contributed by atoms with Crippen molar-refractivity contribution in [3.8, 4) is 0 Å². The summed E-state index contributed by atoms with van der Waals surface area (Å²) in [6, 6.07) is 11.4. The molecule has 0 aliphatic heterocycles. The van der Waals surface area contributed by atoms with Crippen molar-refractivity contribution in [2.24, 2.45) is 0 Å². The number of para-hydroxylation sites is 2. The quantitative estimate of drug-likeness (QED) is 0.437. The third kappa shape index (κ3) is 3.44.